The van der Waals surface area contributed by atoms with Gasteiger partial charge in [-0.3, -0.25) is 4.90 Å². The summed E-state index contributed by atoms with van der Waals surface area (Å²) in [4.78, 5) is 9.22. The third kappa shape index (κ3) is 5.37. The number of piperazine rings is 1. The number of aromatic nitrogens is 1. The van der Waals surface area contributed by atoms with Crippen LogP contribution in [0, 0.1) is 0 Å². The summed E-state index contributed by atoms with van der Waals surface area (Å²) < 4.78 is 19.2. The number of benzene rings is 1. The Balaban J connectivity index is 1.29. The van der Waals surface area contributed by atoms with Gasteiger partial charge in [0.1, 0.15) is 24.3 Å². The first-order chi connectivity index (χ1) is 14.2. The van der Waals surface area contributed by atoms with Crippen molar-refractivity contribution in [3.63, 3.8) is 0 Å². The van der Waals surface area contributed by atoms with Crippen LogP contribution in [0.15, 0.2) is 71.4 Å². The van der Waals surface area contributed by atoms with Crippen LogP contribution in [0.2, 0.25) is 0 Å². The van der Waals surface area contributed by atoms with Gasteiger partial charge in [0.25, 0.3) is 0 Å². The molecule has 152 valence electrons. The van der Waals surface area contributed by atoms with E-state index in [1.807, 2.05) is 30.5 Å². The van der Waals surface area contributed by atoms with Crippen molar-refractivity contribution in [2.45, 2.75) is 19.1 Å². The lowest BCUT2D eigenvalue weighted by Crippen LogP contribution is -2.46. The summed E-state index contributed by atoms with van der Waals surface area (Å²) in [5.74, 6) is 1.86. The molecule has 0 amide bonds. The molecule has 6 heteroatoms. The summed E-state index contributed by atoms with van der Waals surface area (Å²) in [6.45, 7) is 5.19. The van der Waals surface area contributed by atoms with E-state index in [1.165, 1.54) is 11.6 Å². The molecule has 0 N–H and O–H groups in total. The number of rotatable bonds is 6. The van der Waals surface area contributed by atoms with Crippen LogP contribution in [0.1, 0.15) is 12.0 Å². The molecule has 2 heterocycles. The molecule has 1 aromatic heterocycles. The Bertz CT molecular complexity index is 879. The van der Waals surface area contributed by atoms with Gasteiger partial charge in [-0.25, -0.2) is 9.37 Å². The zero-order valence-corrected chi connectivity index (χ0v) is 17.1. The minimum atomic E-state index is -0.993. The second kappa shape index (κ2) is 9.42. The van der Waals surface area contributed by atoms with E-state index in [2.05, 4.69) is 33.0 Å². The Morgan fingerprint density at radius 2 is 1.97 bits per heavy atom. The number of anilines is 1. The quantitative estimate of drug-likeness (QED) is 0.693. The number of alkyl halides is 1. The molecule has 1 aromatic carbocycles. The Morgan fingerprint density at radius 3 is 2.72 bits per heavy atom. The van der Waals surface area contributed by atoms with Crippen molar-refractivity contribution in [2.75, 3.05) is 37.7 Å². The fraction of sp³-hybridized carbons (Fsp3) is 0.348. The zero-order chi connectivity index (χ0) is 20.1. The Labute approximate surface area is 176 Å². The highest BCUT2D eigenvalue weighted by atomic mass is 35.5. The highest BCUT2D eigenvalue weighted by Gasteiger charge is 2.18. The Kier molecular flexibility index (Phi) is 6.47. The number of allylic oxidation sites excluding steroid dienone is 2. The standard InChI is InChI=1S/C23H25ClFN3O/c24-22-15-20(25)8-7-19(22)17-29-21-5-3-4-18(14-21)16-27-10-12-28(13-11-27)23-6-1-2-9-26-23/h1-9,14,20H,10-13,15-17H2. The number of pyridine rings is 1. The lowest BCUT2D eigenvalue weighted by atomic mass is 10.1. The molecule has 0 radical (unpaired) electrons. The molecule has 0 spiro atoms. The second-order valence-corrected chi connectivity index (χ2v) is 7.85. The van der Waals surface area contributed by atoms with Crippen molar-refractivity contribution in [2.24, 2.45) is 0 Å². The summed E-state index contributed by atoms with van der Waals surface area (Å²) in [7, 11) is 0. The SMILES string of the molecule is FC1C=CC(COc2cccc(CN3CCN(c4ccccn4)CC3)c2)=C(Cl)C1. The normalized spacial score (nSPS) is 20.2. The van der Waals surface area contributed by atoms with Crippen LogP contribution < -0.4 is 9.64 Å². The fourth-order valence-electron chi connectivity index (χ4n) is 3.64. The molecule has 2 aromatic rings. The molecule has 1 fully saturated rings. The number of halogens is 2. The van der Waals surface area contributed by atoms with Gasteiger partial charge in [0.05, 0.1) is 0 Å². The molecule has 1 aliphatic carbocycles. The van der Waals surface area contributed by atoms with Crippen LogP contribution >= 0.6 is 11.6 Å². The largest absolute Gasteiger partial charge is 0.489 e. The average Bonchev–Trinajstić information content (AvgIpc) is 2.75. The van der Waals surface area contributed by atoms with Gasteiger partial charge in [-0.2, -0.15) is 0 Å². The van der Waals surface area contributed by atoms with Gasteiger partial charge in [-0.15, -0.1) is 0 Å². The van der Waals surface area contributed by atoms with E-state index in [9.17, 15) is 4.39 Å². The molecule has 0 saturated carbocycles. The first kappa shape index (κ1) is 19.9. The third-order valence-corrected chi connectivity index (χ3v) is 5.67. The van der Waals surface area contributed by atoms with E-state index in [-0.39, 0.29) is 6.42 Å². The van der Waals surface area contributed by atoms with Crippen LogP contribution in [0.3, 0.4) is 0 Å². The maximum atomic E-state index is 13.3. The van der Waals surface area contributed by atoms with Gasteiger partial charge in [0, 0.05) is 55.9 Å². The van der Waals surface area contributed by atoms with E-state index >= 15 is 0 Å². The Morgan fingerprint density at radius 1 is 1.10 bits per heavy atom. The topological polar surface area (TPSA) is 28.6 Å². The number of ether oxygens (including phenoxy) is 1. The third-order valence-electron chi connectivity index (χ3n) is 5.27. The van der Waals surface area contributed by atoms with Crippen molar-refractivity contribution in [3.05, 3.63) is 77.0 Å². The van der Waals surface area contributed by atoms with Crippen LogP contribution in [0.4, 0.5) is 10.2 Å². The molecular formula is C23H25ClFN3O. The van der Waals surface area contributed by atoms with Gasteiger partial charge >= 0.3 is 0 Å². The lowest BCUT2D eigenvalue weighted by Gasteiger charge is -2.35. The summed E-state index contributed by atoms with van der Waals surface area (Å²) in [5, 5.41) is 0.543. The predicted octanol–water partition coefficient (Wildman–Crippen LogP) is 4.57. The predicted molar refractivity (Wildman–Crippen MR) is 115 cm³/mol. The van der Waals surface area contributed by atoms with E-state index in [0.29, 0.717) is 11.6 Å². The van der Waals surface area contributed by atoms with E-state index in [1.54, 1.807) is 6.08 Å². The number of hydrogen-bond donors (Lipinski definition) is 0. The van der Waals surface area contributed by atoms with Gasteiger partial charge in [0.15, 0.2) is 0 Å². The maximum Gasteiger partial charge on any atom is 0.128 e. The van der Waals surface area contributed by atoms with E-state index in [0.717, 1.165) is 49.9 Å². The lowest BCUT2D eigenvalue weighted by molar-refractivity contribution is 0.249. The summed E-state index contributed by atoms with van der Waals surface area (Å²) in [6.07, 6.45) is 4.34. The minimum Gasteiger partial charge on any atom is -0.489 e. The molecular weight excluding hydrogens is 389 g/mol. The molecule has 4 nitrogen and oxygen atoms in total. The monoisotopic (exact) mass is 413 g/mol. The highest BCUT2D eigenvalue weighted by molar-refractivity contribution is 6.30. The minimum absolute atomic E-state index is 0.237. The molecule has 1 unspecified atom stereocenters. The van der Waals surface area contributed by atoms with Crippen molar-refractivity contribution in [1.82, 2.24) is 9.88 Å². The summed E-state index contributed by atoms with van der Waals surface area (Å²) >= 11 is 6.15. The number of hydrogen-bond acceptors (Lipinski definition) is 4. The summed E-state index contributed by atoms with van der Waals surface area (Å²) in [5.41, 5.74) is 2.06. The van der Waals surface area contributed by atoms with Crippen molar-refractivity contribution < 1.29 is 9.13 Å². The van der Waals surface area contributed by atoms with Crippen molar-refractivity contribution in [1.29, 1.82) is 0 Å². The van der Waals surface area contributed by atoms with E-state index < -0.39 is 6.17 Å². The molecule has 1 aliphatic heterocycles. The zero-order valence-electron chi connectivity index (χ0n) is 16.3. The highest BCUT2D eigenvalue weighted by Crippen LogP contribution is 2.25. The van der Waals surface area contributed by atoms with Gasteiger partial charge in [-0.1, -0.05) is 35.9 Å². The maximum absolute atomic E-state index is 13.3. The molecule has 29 heavy (non-hydrogen) atoms. The van der Waals surface area contributed by atoms with Crippen LogP contribution in [-0.2, 0) is 6.54 Å². The van der Waals surface area contributed by atoms with Crippen LogP contribution in [0.25, 0.3) is 0 Å². The van der Waals surface area contributed by atoms with Crippen molar-refractivity contribution in [3.8, 4) is 5.75 Å². The first-order valence-electron chi connectivity index (χ1n) is 9.97. The van der Waals surface area contributed by atoms with Gasteiger partial charge < -0.3 is 9.64 Å². The Hall–Kier alpha value is -2.37. The number of nitrogens with zero attached hydrogens (tertiary/aromatic N) is 3. The van der Waals surface area contributed by atoms with Gasteiger partial charge in [0.2, 0.25) is 0 Å². The first-order valence-corrected chi connectivity index (χ1v) is 10.3. The fourth-order valence-corrected chi connectivity index (χ4v) is 3.90. The molecule has 0 bridgehead atoms. The molecule has 4 rings (SSSR count). The van der Waals surface area contributed by atoms with Crippen LogP contribution in [-0.4, -0.2) is 48.8 Å². The average molecular weight is 414 g/mol. The van der Waals surface area contributed by atoms with Crippen molar-refractivity contribution >= 4 is 17.4 Å². The van der Waals surface area contributed by atoms with E-state index in [4.69, 9.17) is 16.3 Å². The molecule has 1 atom stereocenters. The molecule has 1 saturated heterocycles. The van der Waals surface area contributed by atoms with Crippen LogP contribution in [0.5, 0.6) is 5.75 Å². The summed E-state index contributed by atoms with van der Waals surface area (Å²) in [6, 6.07) is 14.2. The molecule has 2 aliphatic rings. The second-order valence-electron chi connectivity index (χ2n) is 7.40. The smallest absolute Gasteiger partial charge is 0.128 e. The van der Waals surface area contributed by atoms with Gasteiger partial charge in [-0.05, 0) is 35.9 Å².